The van der Waals surface area contributed by atoms with Crippen LogP contribution in [0.5, 0.6) is 0 Å². The van der Waals surface area contributed by atoms with Gasteiger partial charge in [-0.15, -0.1) is 6.42 Å². The van der Waals surface area contributed by atoms with Crippen molar-refractivity contribution in [3.63, 3.8) is 0 Å². The number of hydrogen-bond acceptors (Lipinski definition) is 6. The average Bonchev–Trinajstić information content (AvgIpc) is 3.51. The van der Waals surface area contributed by atoms with E-state index in [4.69, 9.17) is 11.4 Å². The largest absolute Gasteiger partial charge is 0.353 e. The van der Waals surface area contributed by atoms with Gasteiger partial charge in [-0.25, -0.2) is 9.50 Å². The van der Waals surface area contributed by atoms with E-state index in [9.17, 15) is 10.1 Å². The summed E-state index contributed by atoms with van der Waals surface area (Å²) in [7, 11) is 0. The van der Waals surface area contributed by atoms with E-state index in [1.807, 2.05) is 42.3 Å². The molecule has 0 atom stereocenters. The van der Waals surface area contributed by atoms with Crippen LogP contribution >= 0.6 is 0 Å². The fourth-order valence-electron chi connectivity index (χ4n) is 4.56. The number of carbonyl (C=O) groups is 1. The Morgan fingerprint density at radius 3 is 2.47 bits per heavy atom. The van der Waals surface area contributed by atoms with E-state index in [1.165, 1.54) is 0 Å². The fraction of sp³-hybridized carbons (Fsp3) is 0.296. The quantitative estimate of drug-likeness (QED) is 0.418. The van der Waals surface area contributed by atoms with Gasteiger partial charge >= 0.3 is 0 Å². The van der Waals surface area contributed by atoms with Gasteiger partial charge in [-0.1, -0.05) is 0 Å². The minimum atomic E-state index is -0.273. The number of rotatable bonds is 4. The number of aromatic nitrogens is 5. The zero-order valence-corrected chi connectivity index (χ0v) is 20.5. The molecule has 5 heterocycles. The molecule has 0 spiro atoms. The van der Waals surface area contributed by atoms with Crippen molar-refractivity contribution in [3.8, 4) is 40.7 Å². The van der Waals surface area contributed by atoms with Crippen LogP contribution in [0.4, 0.5) is 5.82 Å². The number of anilines is 1. The highest BCUT2D eigenvalue weighted by Gasteiger charge is 2.21. The molecule has 9 nitrogen and oxygen atoms in total. The first-order valence-corrected chi connectivity index (χ1v) is 11.8. The van der Waals surface area contributed by atoms with Gasteiger partial charge < -0.3 is 9.80 Å². The Morgan fingerprint density at radius 2 is 1.86 bits per heavy atom. The molecule has 4 aromatic heterocycles. The van der Waals surface area contributed by atoms with Crippen LogP contribution in [-0.2, 0) is 4.79 Å². The van der Waals surface area contributed by atoms with Crippen LogP contribution in [0.3, 0.4) is 0 Å². The van der Waals surface area contributed by atoms with E-state index in [2.05, 4.69) is 47.0 Å². The Morgan fingerprint density at radius 1 is 1.08 bits per heavy atom. The molecule has 1 amide bonds. The van der Waals surface area contributed by atoms with Crippen LogP contribution in [0, 0.1) is 30.6 Å². The van der Waals surface area contributed by atoms with Gasteiger partial charge in [0, 0.05) is 73.1 Å². The minimum Gasteiger partial charge on any atom is -0.353 e. The van der Waals surface area contributed by atoms with E-state index in [1.54, 1.807) is 15.6 Å². The maximum absolute atomic E-state index is 11.8. The predicted octanol–water partition coefficient (Wildman–Crippen LogP) is 3.30. The molecular formula is C27H26N8O. The summed E-state index contributed by atoms with van der Waals surface area (Å²) in [6.07, 6.45) is 12.6. The molecule has 0 aromatic carbocycles. The summed E-state index contributed by atoms with van der Waals surface area (Å²) in [5.74, 6) is 2.74. The summed E-state index contributed by atoms with van der Waals surface area (Å²) in [4.78, 5) is 20.3. The third kappa shape index (κ3) is 4.05. The van der Waals surface area contributed by atoms with Gasteiger partial charge in [-0.3, -0.25) is 9.48 Å². The second-order valence-electron chi connectivity index (χ2n) is 9.14. The van der Waals surface area contributed by atoms with Crippen molar-refractivity contribution in [2.24, 2.45) is 0 Å². The predicted molar refractivity (Wildman–Crippen MR) is 137 cm³/mol. The Bertz CT molecular complexity index is 1520. The Balaban J connectivity index is 1.51. The van der Waals surface area contributed by atoms with Gasteiger partial charge in [0.1, 0.15) is 11.9 Å². The highest BCUT2D eigenvalue weighted by molar-refractivity contribution is 5.93. The minimum absolute atomic E-state index is 0.249. The molecule has 5 rings (SSSR count). The molecule has 1 aliphatic rings. The summed E-state index contributed by atoms with van der Waals surface area (Å²) in [5, 5.41) is 18.8. The number of nitriles is 1. The zero-order valence-electron chi connectivity index (χ0n) is 20.5. The number of terminal acetylenes is 1. The number of piperazine rings is 1. The topological polar surface area (TPSA) is 95.4 Å². The van der Waals surface area contributed by atoms with Crippen LogP contribution in [0.1, 0.15) is 31.1 Å². The molecule has 9 heteroatoms. The van der Waals surface area contributed by atoms with E-state index < -0.39 is 0 Å². The standard InChI is InChI=1S/C27H26N8O/c1-5-26(36)33-10-8-32(9-11-33)25-7-6-20(14-29-25)23-12-21(16-35-27(23)22(13-28)15-30-35)24-17-34(18(2)3)31-19(24)4/h1,6-7,12,14-18H,8-11H2,2-4H3. The van der Waals surface area contributed by atoms with Gasteiger partial charge in [0.15, 0.2) is 0 Å². The molecule has 0 bridgehead atoms. The monoisotopic (exact) mass is 478 g/mol. The third-order valence-corrected chi connectivity index (χ3v) is 6.56. The Labute approximate surface area is 209 Å². The van der Waals surface area contributed by atoms with Crippen molar-refractivity contribution in [3.05, 3.63) is 54.2 Å². The number of amides is 1. The maximum Gasteiger partial charge on any atom is 0.298 e. The van der Waals surface area contributed by atoms with Crippen LogP contribution in [0.2, 0.25) is 0 Å². The molecule has 4 aromatic rings. The van der Waals surface area contributed by atoms with E-state index >= 15 is 0 Å². The van der Waals surface area contributed by atoms with Crippen molar-refractivity contribution < 1.29 is 4.79 Å². The van der Waals surface area contributed by atoms with E-state index in [-0.39, 0.29) is 11.9 Å². The molecule has 0 unspecified atom stereocenters. The molecule has 0 saturated carbocycles. The fourth-order valence-corrected chi connectivity index (χ4v) is 4.56. The molecule has 1 saturated heterocycles. The highest BCUT2D eigenvalue weighted by atomic mass is 16.2. The number of pyridine rings is 2. The molecule has 1 aliphatic heterocycles. The molecule has 0 radical (unpaired) electrons. The van der Waals surface area contributed by atoms with Crippen molar-refractivity contribution in [1.82, 2.24) is 29.3 Å². The van der Waals surface area contributed by atoms with Crippen LogP contribution in [0.15, 0.2) is 43.0 Å². The second kappa shape index (κ2) is 9.20. The second-order valence-corrected chi connectivity index (χ2v) is 9.14. The van der Waals surface area contributed by atoms with Crippen molar-refractivity contribution in [2.45, 2.75) is 26.8 Å². The number of aryl methyl sites for hydroxylation is 1. The summed E-state index contributed by atoms with van der Waals surface area (Å²) >= 11 is 0. The summed E-state index contributed by atoms with van der Waals surface area (Å²) in [6.45, 7) is 8.66. The lowest BCUT2D eigenvalue weighted by molar-refractivity contribution is -0.125. The molecule has 1 fully saturated rings. The first kappa shape index (κ1) is 23.1. The molecule has 36 heavy (non-hydrogen) atoms. The summed E-state index contributed by atoms with van der Waals surface area (Å²) in [6, 6.07) is 8.57. The van der Waals surface area contributed by atoms with Gasteiger partial charge in [0.25, 0.3) is 5.91 Å². The van der Waals surface area contributed by atoms with Gasteiger partial charge in [-0.05, 0) is 44.9 Å². The zero-order chi connectivity index (χ0) is 25.4. The van der Waals surface area contributed by atoms with Crippen molar-refractivity contribution in [1.29, 1.82) is 5.26 Å². The summed E-state index contributed by atoms with van der Waals surface area (Å²) < 4.78 is 3.70. The Kier molecular flexibility index (Phi) is 5.91. The SMILES string of the molecule is C#CC(=O)N1CCN(c2ccc(-c3cc(-c4cn(C(C)C)nc4C)cn4ncc(C#N)c34)cn2)CC1. The first-order valence-electron chi connectivity index (χ1n) is 11.8. The lowest BCUT2D eigenvalue weighted by Gasteiger charge is -2.34. The Hall–Kier alpha value is -4.63. The average molecular weight is 479 g/mol. The van der Waals surface area contributed by atoms with E-state index in [0.717, 1.165) is 39.3 Å². The van der Waals surface area contributed by atoms with Gasteiger partial charge in [0.2, 0.25) is 0 Å². The van der Waals surface area contributed by atoms with Crippen LogP contribution in [0.25, 0.3) is 27.8 Å². The lowest BCUT2D eigenvalue weighted by Crippen LogP contribution is -2.48. The number of nitrogens with zero attached hydrogens (tertiary/aromatic N) is 8. The molecule has 0 aliphatic carbocycles. The highest BCUT2D eigenvalue weighted by Crippen LogP contribution is 2.33. The number of carbonyl (C=O) groups excluding carboxylic acids is 1. The summed E-state index contributed by atoms with van der Waals surface area (Å²) in [5.41, 5.74) is 5.92. The molecular weight excluding hydrogens is 452 g/mol. The van der Waals surface area contributed by atoms with E-state index in [0.29, 0.717) is 31.7 Å². The number of hydrogen-bond donors (Lipinski definition) is 0. The normalized spacial score (nSPS) is 13.7. The van der Waals surface area contributed by atoms with Gasteiger partial charge in [-0.2, -0.15) is 15.5 Å². The van der Waals surface area contributed by atoms with Crippen LogP contribution < -0.4 is 4.90 Å². The third-order valence-electron chi connectivity index (χ3n) is 6.56. The maximum atomic E-state index is 11.8. The lowest BCUT2D eigenvalue weighted by atomic mass is 10.0. The number of fused-ring (bicyclic) bond motifs is 1. The van der Waals surface area contributed by atoms with Gasteiger partial charge in [0.05, 0.1) is 23.0 Å². The van der Waals surface area contributed by atoms with Crippen LogP contribution in [-0.4, -0.2) is 61.4 Å². The molecule has 180 valence electrons. The van der Waals surface area contributed by atoms with Crippen molar-refractivity contribution in [2.75, 3.05) is 31.1 Å². The first-order chi connectivity index (χ1) is 17.4. The molecule has 0 N–H and O–H groups in total. The smallest absolute Gasteiger partial charge is 0.298 e. The van der Waals surface area contributed by atoms with Crippen molar-refractivity contribution >= 4 is 17.2 Å².